The Hall–Kier alpha value is -1.29. The highest BCUT2D eigenvalue weighted by atomic mass is 127. The molecule has 0 unspecified atom stereocenters. The number of rotatable bonds is 1. The van der Waals surface area contributed by atoms with Crippen LogP contribution in [0.5, 0.6) is 0 Å². The molecule has 0 amide bonds. The number of halogens is 1. The third kappa shape index (κ3) is 1.76. The van der Waals surface area contributed by atoms with Crippen LogP contribution < -0.4 is 0 Å². The Bertz CT molecular complexity index is 682. The molecule has 0 radical (unpaired) electrons. The summed E-state index contributed by atoms with van der Waals surface area (Å²) in [6.07, 6.45) is 0. The van der Waals surface area contributed by atoms with Gasteiger partial charge in [-0.15, -0.1) is 0 Å². The number of para-hydroxylation sites is 1. The molecule has 0 aliphatic rings. The van der Waals surface area contributed by atoms with Gasteiger partial charge in [-0.2, -0.15) is 0 Å². The summed E-state index contributed by atoms with van der Waals surface area (Å²) in [5, 5.41) is 1.30. The van der Waals surface area contributed by atoms with Gasteiger partial charge in [0.25, 0.3) is 0 Å². The van der Waals surface area contributed by atoms with Crippen LogP contribution in [0.15, 0.2) is 54.6 Å². The normalized spacial score (nSPS) is 10.9. The van der Waals surface area contributed by atoms with Crippen LogP contribution in [0.4, 0.5) is 0 Å². The van der Waals surface area contributed by atoms with Gasteiger partial charge in [0, 0.05) is 32.8 Å². The SMILES string of the molecule is Cn1c(-c2ccccc2I)cc2ccccc21. The van der Waals surface area contributed by atoms with Crippen molar-refractivity contribution in [2.75, 3.05) is 0 Å². The molecule has 0 N–H and O–H groups in total. The summed E-state index contributed by atoms with van der Waals surface area (Å²) in [5.41, 5.74) is 3.85. The molecule has 0 saturated carbocycles. The molecule has 84 valence electrons. The Morgan fingerprint density at radius 3 is 2.41 bits per heavy atom. The van der Waals surface area contributed by atoms with Crippen LogP contribution in [0.2, 0.25) is 0 Å². The molecule has 0 aliphatic carbocycles. The van der Waals surface area contributed by atoms with E-state index in [1.165, 1.54) is 25.7 Å². The molecule has 0 atom stereocenters. The van der Waals surface area contributed by atoms with Gasteiger partial charge < -0.3 is 4.57 Å². The van der Waals surface area contributed by atoms with E-state index in [-0.39, 0.29) is 0 Å². The molecule has 0 bridgehead atoms. The van der Waals surface area contributed by atoms with E-state index in [1.54, 1.807) is 0 Å². The zero-order valence-corrected chi connectivity index (χ0v) is 11.7. The third-order valence-electron chi connectivity index (χ3n) is 3.10. The summed E-state index contributed by atoms with van der Waals surface area (Å²) < 4.78 is 3.54. The Morgan fingerprint density at radius 1 is 0.941 bits per heavy atom. The van der Waals surface area contributed by atoms with E-state index >= 15 is 0 Å². The number of benzene rings is 2. The van der Waals surface area contributed by atoms with E-state index in [2.05, 4.69) is 88.8 Å². The average Bonchev–Trinajstić information content (AvgIpc) is 2.68. The molecule has 1 aromatic heterocycles. The molecular weight excluding hydrogens is 321 g/mol. The molecule has 1 heterocycles. The van der Waals surface area contributed by atoms with E-state index in [9.17, 15) is 0 Å². The highest BCUT2D eigenvalue weighted by molar-refractivity contribution is 14.1. The molecule has 3 aromatic rings. The molecule has 0 saturated heterocycles. The van der Waals surface area contributed by atoms with E-state index in [4.69, 9.17) is 0 Å². The van der Waals surface area contributed by atoms with Crippen LogP contribution in [0, 0.1) is 3.57 Å². The highest BCUT2D eigenvalue weighted by Crippen LogP contribution is 2.29. The van der Waals surface area contributed by atoms with Gasteiger partial charge in [-0.1, -0.05) is 36.4 Å². The maximum absolute atomic E-state index is 2.39. The second-order valence-corrected chi connectivity index (χ2v) is 5.29. The average molecular weight is 333 g/mol. The molecule has 0 fully saturated rings. The first kappa shape index (κ1) is 10.8. The molecule has 2 aromatic carbocycles. The zero-order valence-electron chi connectivity index (χ0n) is 9.52. The van der Waals surface area contributed by atoms with Gasteiger partial charge in [0.15, 0.2) is 0 Å². The predicted molar refractivity (Wildman–Crippen MR) is 81.1 cm³/mol. The van der Waals surface area contributed by atoms with Gasteiger partial charge in [0.1, 0.15) is 0 Å². The van der Waals surface area contributed by atoms with Gasteiger partial charge in [0.2, 0.25) is 0 Å². The van der Waals surface area contributed by atoms with Crippen molar-refractivity contribution in [2.45, 2.75) is 0 Å². The van der Waals surface area contributed by atoms with Crippen molar-refractivity contribution >= 4 is 33.5 Å². The second-order valence-electron chi connectivity index (χ2n) is 4.13. The Labute approximate surface area is 114 Å². The Kier molecular flexibility index (Phi) is 2.67. The molecule has 2 heteroatoms. The number of hydrogen-bond donors (Lipinski definition) is 0. The second kappa shape index (κ2) is 4.18. The van der Waals surface area contributed by atoms with Crippen molar-refractivity contribution in [3.63, 3.8) is 0 Å². The van der Waals surface area contributed by atoms with Crippen molar-refractivity contribution < 1.29 is 0 Å². The van der Waals surface area contributed by atoms with E-state index < -0.39 is 0 Å². The van der Waals surface area contributed by atoms with Gasteiger partial charge in [-0.05, 0) is 40.8 Å². The smallest absolute Gasteiger partial charge is 0.0499 e. The van der Waals surface area contributed by atoms with E-state index in [0.29, 0.717) is 0 Å². The van der Waals surface area contributed by atoms with Crippen molar-refractivity contribution in [3.8, 4) is 11.3 Å². The summed E-state index contributed by atoms with van der Waals surface area (Å²) in [6.45, 7) is 0. The molecule has 3 rings (SSSR count). The summed E-state index contributed by atoms with van der Waals surface area (Å²) in [6, 6.07) is 19.2. The van der Waals surface area contributed by atoms with Crippen LogP contribution in [-0.4, -0.2) is 4.57 Å². The number of nitrogens with zero attached hydrogens (tertiary/aromatic N) is 1. The molecule has 0 aliphatic heterocycles. The topological polar surface area (TPSA) is 4.93 Å². The van der Waals surface area contributed by atoms with E-state index in [1.807, 2.05) is 0 Å². The molecule has 1 nitrogen and oxygen atoms in total. The quantitative estimate of drug-likeness (QED) is 0.580. The highest BCUT2D eigenvalue weighted by Gasteiger charge is 2.09. The fraction of sp³-hybridized carbons (Fsp3) is 0.0667. The summed E-state index contributed by atoms with van der Waals surface area (Å²) >= 11 is 2.39. The van der Waals surface area contributed by atoms with Gasteiger partial charge in [-0.25, -0.2) is 0 Å². The van der Waals surface area contributed by atoms with Crippen LogP contribution in [0.3, 0.4) is 0 Å². The maximum Gasteiger partial charge on any atom is 0.0499 e. The predicted octanol–water partition coefficient (Wildman–Crippen LogP) is 4.45. The van der Waals surface area contributed by atoms with Crippen LogP contribution in [0.25, 0.3) is 22.2 Å². The maximum atomic E-state index is 2.39. The fourth-order valence-corrected chi connectivity index (χ4v) is 2.88. The first-order valence-electron chi connectivity index (χ1n) is 5.57. The first-order chi connectivity index (χ1) is 8.27. The summed E-state index contributed by atoms with van der Waals surface area (Å²) in [4.78, 5) is 0. The van der Waals surface area contributed by atoms with Crippen molar-refractivity contribution in [3.05, 3.63) is 58.2 Å². The van der Waals surface area contributed by atoms with Crippen molar-refractivity contribution in [1.82, 2.24) is 4.57 Å². The summed E-state index contributed by atoms with van der Waals surface area (Å²) in [7, 11) is 2.13. The molecule has 0 spiro atoms. The van der Waals surface area contributed by atoms with Crippen molar-refractivity contribution in [1.29, 1.82) is 0 Å². The lowest BCUT2D eigenvalue weighted by molar-refractivity contribution is 0.977. The standard InChI is InChI=1S/C15H12IN/c1-17-14-9-5-2-6-11(14)10-15(17)12-7-3-4-8-13(12)16/h2-10H,1H3. The minimum absolute atomic E-state index is 1.27. The number of fused-ring (bicyclic) bond motifs is 1. The largest absolute Gasteiger partial charge is 0.344 e. The number of hydrogen-bond acceptors (Lipinski definition) is 0. The fourth-order valence-electron chi connectivity index (χ4n) is 2.22. The van der Waals surface area contributed by atoms with Gasteiger partial charge in [0.05, 0.1) is 0 Å². The van der Waals surface area contributed by atoms with Gasteiger partial charge >= 0.3 is 0 Å². The zero-order chi connectivity index (χ0) is 11.8. The molecular formula is C15H12IN. The first-order valence-corrected chi connectivity index (χ1v) is 6.64. The monoisotopic (exact) mass is 333 g/mol. The number of aryl methyl sites for hydroxylation is 1. The van der Waals surface area contributed by atoms with Crippen LogP contribution >= 0.6 is 22.6 Å². The lowest BCUT2D eigenvalue weighted by Crippen LogP contribution is -1.92. The minimum atomic E-state index is 1.27. The van der Waals surface area contributed by atoms with E-state index in [0.717, 1.165) is 0 Å². The van der Waals surface area contributed by atoms with Gasteiger partial charge in [-0.3, -0.25) is 0 Å². The Morgan fingerprint density at radius 2 is 1.65 bits per heavy atom. The minimum Gasteiger partial charge on any atom is -0.344 e. The Balaban J connectivity index is 2.32. The lowest BCUT2D eigenvalue weighted by atomic mass is 10.1. The lowest BCUT2D eigenvalue weighted by Gasteiger charge is -2.06. The number of aromatic nitrogens is 1. The van der Waals surface area contributed by atoms with Crippen molar-refractivity contribution in [2.24, 2.45) is 7.05 Å². The molecule has 17 heavy (non-hydrogen) atoms. The van der Waals surface area contributed by atoms with Crippen LogP contribution in [0.1, 0.15) is 0 Å². The van der Waals surface area contributed by atoms with Crippen LogP contribution in [-0.2, 0) is 7.05 Å². The third-order valence-corrected chi connectivity index (χ3v) is 4.04. The summed E-state index contributed by atoms with van der Waals surface area (Å²) in [5.74, 6) is 0.